The van der Waals surface area contributed by atoms with Crippen LogP contribution in [0.1, 0.15) is 341 Å². The summed E-state index contributed by atoms with van der Waals surface area (Å²) >= 11 is 0. The summed E-state index contributed by atoms with van der Waals surface area (Å²) in [6.07, 6.45) is 70.0. The van der Waals surface area contributed by atoms with Crippen molar-refractivity contribution in [2.75, 3.05) is 40.9 Å². The maximum atomic E-state index is 13.0. The first-order chi connectivity index (χ1) is 35.5. The van der Waals surface area contributed by atoms with E-state index in [-0.39, 0.29) is 19.1 Å². The largest absolute Gasteiger partial charge is 0.756 e. The number of carbonyl (C=O) groups is 1. The van der Waals surface area contributed by atoms with Crippen molar-refractivity contribution in [3.8, 4) is 0 Å². The molecule has 0 aliphatic carbocycles. The molecule has 8 nitrogen and oxygen atoms in total. The van der Waals surface area contributed by atoms with Gasteiger partial charge in [-0.2, -0.15) is 0 Å². The zero-order chi connectivity index (χ0) is 53.5. The van der Waals surface area contributed by atoms with E-state index in [4.69, 9.17) is 9.05 Å². The third kappa shape index (κ3) is 58.8. The van der Waals surface area contributed by atoms with Crippen LogP contribution in [0.15, 0.2) is 12.2 Å². The van der Waals surface area contributed by atoms with E-state index >= 15 is 0 Å². The van der Waals surface area contributed by atoms with Gasteiger partial charge in [-0.15, -0.1) is 0 Å². The maximum Gasteiger partial charge on any atom is 0.268 e. The molecule has 0 rings (SSSR count). The summed E-state index contributed by atoms with van der Waals surface area (Å²) in [6.45, 7) is 4.77. The van der Waals surface area contributed by atoms with E-state index in [9.17, 15) is 19.4 Å². The van der Waals surface area contributed by atoms with Crippen LogP contribution in [0.4, 0.5) is 0 Å². The van der Waals surface area contributed by atoms with E-state index in [0.717, 1.165) is 38.5 Å². The van der Waals surface area contributed by atoms with E-state index in [1.807, 2.05) is 21.1 Å². The number of rotatable bonds is 61. The smallest absolute Gasteiger partial charge is 0.268 e. The van der Waals surface area contributed by atoms with E-state index in [0.29, 0.717) is 23.9 Å². The lowest BCUT2D eigenvalue weighted by atomic mass is 10.0. The zero-order valence-electron chi connectivity index (χ0n) is 49.9. The third-order valence-corrected chi connectivity index (χ3v) is 16.2. The molecule has 0 aliphatic heterocycles. The maximum absolute atomic E-state index is 13.0. The lowest BCUT2D eigenvalue weighted by molar-refractivity contribution is -0.870. The molecule has 1 amide bonds. The number of nitrogens with one attached hydrogen (secondary N) is 1. The van der Waals surface area contributed by atoms with Crippen LogP contribution in [0.25, 0.3) is 0 Å². The van der Waals surface area contributed by atoms with Gasteiger partial charge >= 0.3 is 0 Å². The van der Waals surface area contributed by atoms with Gasteiger partial charge in [0.15, 0.2) is 0 Å². The van der Waals surface area contributed by atoms with Crippen LogP contribution >= 0.6 is 7.82 Å². The van der Waals surface area contributed by atoms with Crippen molar-refractivity contribution in [2.24, 2.45) is 0 Å². The van der Waals surface area contributed by atoms with Crippen molar-refractivity contribution in [3.05, 3.63) is 12.2 Å². The van der Waals surface area contributed by atoms with Gasteiger partial charge in [-0.3, -0.25) is 9.36 Å². The first-order valence-corrected chi connectivity index (χ1v) is 34.0. The molecule has 0 bridgehead atoms. The Bertz CT molecular complexity index is 1200. The Labute approximate surface area is 456 Å². The Morgan fingerprint density at radius 3 is 1.07 bits per heavy atom. The molecular weight excluding hydrogens is 924 g/mol. The second-order valence-corrected chi connectivity index (χ2v) is 25.2. The lowest BCUT2D eigenvalue weighted by Gasteiger charge is -2.30. The number of phosphoric ester groups is 1. The van der Waals surface area contributed by atoms with Gasteiger partial charge in [0.2, 0.25) is 5.91 Å². The second kappa shape index (κ2) is 56.0. The van der Waals surface area contributed by atoms with Gasteiger partial charge in [-0.25, -0.2) is 0 Å². The molecule has 0 spiro atoms. The average molecular weight is 1050 g/mol. The summed E-state index contributed by atoms with van der Waals surface area (Å²) in [6, 6.07) is -0.797. The molecular formula is C64H129N2O6P. The van der Waals surface area contributed by atoms with Crippen LogP contribution in [0.2, 0.25) is 0 Å². The van der Waals surface area contributed by atoms with Gasteiger partial charge < -0.3 is 28.8 Å². The van der Waals surface area contributed by atoms with Crippen molar-refractivity contribution in [1.29, 1.82) is 0 Å². The summed E-state index contributed by atoms with van der Waals surface area (Å²) in [4.78, 5) is 25.5. The SMILES string of the molecule is CCCCCCCCCCCCCCCCCC/C=C\CCCCCCCCCCCCCCCCCCCC(=O)NC(COP(=O)([O-])OCC[N+](C)(C)C)C(O)CCCCCCCCCCCCCCCC. The van der Waals surface area contributed by atoms with Gasteiger partial charge in [-0.1, -0.05) is 309 Å². The molecule has 436 valence electrons. The van der Waals surface area contributed by atoms with Crippen LogP contribution in [0.3, 0.4) is 0 Å². The molecule has 0 saturated heterocycles. The van der Waals surface area contributed by atoms with Gasteiger partial charge in [0.25, 0.3) is 7.82 Å². The molecule has 0 aromatic carbocycles. The minimum atomic E-state index is -4.57. The van der Waals surface area contributed by atoms with Gasteiger partial charge in [0, 0.05) is 6.42 Å². The first-order valence-electron chi connectivity index (χ1n) is 32.5. The second-order valence-electron chi connectivity index (χ2n) is 23.8. The van der Waals surface area contributed by atoms with Crippen molar-refractivity contribution >= 4 is 13.7 Å². The highest BCUT2D eigenvalue weighted by atomic mass is 31.2. The summed E-state index contributed by atoms with van der Waals surface area (Å²) in [5, 5.41) is 14.0. The number of unbranched alkanes of at least 4 members (excludes halogenated alkanes) is 46. The third-order valence-electron chi connectivity index (χ3n) is 15.3. The fourth-order valence-corrected chi connectivity index (χ4v) is 10.9. The lowest BCUT2D eigenvalue weighted by Crippen LogP contribution is -2.46. The molecule has 0 fully saturated rings. The molecule has 0 heterocycles. The predicted octanol–water partition coefficient (Wildman–Crippen LogP) is 19.5. The molecule has 73 heavy (non-hydrogen) atoms. The molecule has 0 aromatic rings. The Balaban J connectivity index is 3.87. The summed E-state index contributed by atoms with van der Waals surface area (Å²) in [5.41, 5.74) is 0. The van der Waals surface area contributed by atoms with Crippen molar-refractivity contribution < 1.29 is 32.9 Å². The van der Waals surface area contributed by atoms with Crippen LogP contribution in [0, 0.1) is 0 Å². The van der Waals surface area contributed by atoms with Crippen molar-refractivity contribution in [2.45, 2.75) is 353 Å². The molecule has 9 heteroatoms. The number of likely N-dealkylation sites (N-methyl/N-ethyl adjacent to an activating group) is 1. The Hall–Kier alpha value is -0.760. The number of nitrogens with zero attached hydrogens (tertiary/aromatic N) is 1. The van der Waals surface area contributed by atoms with Gasteiger partial charge in [-0.05, 0) is 38.5 Å². The molecule has 0 aromatic heterocycles. The number of aliphatic hydroxyl groups is 1. The van der Waals surface area contributed by atoms with Gasteiger partial charge in [0.1, 0.15) is 13.2 Å². The molecule has 3 unspecified atom stereocenters. The predicted molar refractivity (Wildman–Crippen MR) is 316 cm³/mol. The highest BCUT2D eigenvalue weighted by Crippen LogP contribution is 2.38. The van der Waals surface area contributed by atoms with Gasteiger partial charge in [0.05, 0.1) is 39.9 Å². The Kier molecular flexibility index (Phi) is 55.4. The minimum absolute atomic E-state index is 0.0153. The van der Waals surface area contributed by atoms with E-state index < -0.39 is 20.0 Å². The monoisotopic (exact) mass is 1050 g/mol. The zero-order valence-corrected chi connectivity index (χ0v) is 50.8. The number of hydrogen-bond acceptors (Lipinski definition) is 6. The highest BCUT2D eigenvalue weighted by molar-refractivity contribution is 7.45. The normalized spacial score (nSPS) is 13.8. The number of amides is 1. The Morgan fingerprint density at radius 1 is 0.466 bits per heavy atom. The number of allylic oxidation sites excluding steroid dienone is 2. The number of quaternary nitrogens is 1. The molecule has 2 N–H and O–H groups in total. The quantitative estimate of drug-likeness (QED) is 0.0272. The van der Waals surface area contributed by atoms with E-state index in [1.54, 1.807) is 0 Å². The number of aliphatic hydroxyl groups excluding tert-OH is 1. The van der Waals surface area contributed by atoms with Crippen LogP contribution in [-0.2, 0) is 18.4 Å². The van der Waals surface area contributed by atoms with E-state index in [1.165, 1.54) is 276 Å². The summed E-state index contributed by atoms with van der Waals surface area (Å²) < 4.78 is 23.4. The van der Waals surface area contributed by atoms with Crippen molar-refractivity contribution in [3.63, 3.8) is 0 Å². The molecule has 3 atom stereocenters. The number of carbonyl (C=O) groups excluding carboxylic acids is 1. The topological polar surface area (TPSA) is 108 Å². The van der Waals surface area contributed by atoms with E-state index in [2.05, 4.69) is 31.3 Å². The molecule has 0 saturated carbocycles. The van der Waals surface area contributed by atoms with Crippen LogP contribution in [-0.4, -0.2) is 68.5 Å². The highest BCUT2D eigenvalue weighted by Gasteiger charge is 2.24. The molecule has 0 radical (unpaired) electrons. The number of hydrogen-bond donors (Lipinski definition) is 2. The molecule has 0 aliphatic rings. The van der Waals surface area contributed by atoms with Crippen molar-refractivity contribution in [1.82, 2.24) is 5.32 Å². The fourth-order valence-electron chi connectivity index (χ4n) is 10.2. The average Bonchev–Trinajstić information content (AvgIpc) is 3.35. The van der Waals surface area contributed by atoms with Crippen LogP contribution < -0.4 is 10.2 Å². The summed E-state index contributed by atoms with van der Waals surface area (Å²) in [7, 11) is 1.32. The standard InChI is InChI=1S/C64H129N2O6P/c1-6-8-10-12-14-16-18-20-22-23-24-25-26-27-28-29-30-31-32-33-34-35-36-37-38-39-40-41-42-43-44-46-48-50-52-54-56-58-64(68)65-62(61-72-73(69,70)71-60-59-66(3,4)5)63(67)57-55-53-51-49-47-45-21-19-17-15-13-11-9-7-2/h31-32,62-63,67H,6-30,33-61H2,1-5H3,(H-,65,68,69,70)/b32-31-. The number of phosphoric acid groups is 1. The summed E-state index contributed by atoms with van der Waals surface area (Å²) in [5.74, 6) is -0.158. The first kappa shape index (κ1) is 72.2. The van der Waals surface area contributed by atoms with Crippen LogP contribution in [0.5, 0.6) is 0 Å². The Morgan fingerprint density at radius 2 is 0.753 bits per heavy atom. The fraction of sp³-hybridized carbons (Fsp3) is 0.953. The minimum Gasteiger partial charge on any atom is -0.756 e.